The van der Waals surface area contributed by atoms with Gasteiger partial charge in [0.05, 0.1) is 22.2 Å². The lowest BCUT2D eigenvalue weighted by Crippen LogP contribution is -2.21. The van der Waals surface area contributed by atoms with Crippen LogP contribution in [0.2, 0.25) is 0 Å². The third-order valence-corrected chi connectivity index (χ3v) is 3.50. The number of hydrogen-bond donors (Lipinski definition) is 0. The van der Waals surface area contributed by atoms with Gasteiger partial charge in [0.25, 0.3) is 11.2 Å². The van der Waals surface area contributed by atoms with E-state index in [4.69, 9.17) is 0 Å². The van der Waals surface area contributed by atoms with Crippen LogP contribution < -0.4 is 5.56 Å². The Morgan fingerprint density at radius 3 is 2.64 bits per heavy atom. The molecule has 0 aliphatic carbocycles. The van der Waals surface area contributed by atoms with Crippen LogP contribution in [-0.2, 0) is 13.0 Å². The van der Waals surface area contributed by atoms with E-state index < -0.39 is 4.92 Å². The van der Waals surface area contributed by atoms with Crippen LogP contribution in [0.3, 0.4) is 0 Å². The summed E-state index contributed by atoms with van der Waals surface area (Å²) in [5.74, 6) is 0. The van der Waals surface area contributed by atoms with Crippen LogP contribution in [0.15, 0.2) is 59.7 Å². The Hall–Kier alpha value is -3.02. The van der Waals surface area contributed by atoms with Crippen molar-refractivity contribution in [3.63, 3.8) is 0 Å². The summed E-state index contributed by atoms with van der Waals surface area (Å²) in [6.45, 7) is 0.517. The third-order valence-electron chi connectivity index (χ3n) is 3.50. The number of benzene rings is 2. The first-order valence-electron chi connectivity index (χ1n) is 6.82. The fourth-order valence-corrected chi connectivity index (χ4v) is 2.31. The van der Waals surface area contributed by atoms with E-state index in [1.165, 1.54) is 29.1 Å². The van der Waals surface area contributed by atoms with Gasteiger partial charge in [-0.1, -0.05) is 30.3 Å². The van der Waals surface area contributed by atoms with Crippen LogP contribution in [0.25, 0.3) is 10.9 Å². The van der Waals surface area contributed by atoms with Crippen molar-refractivity contribution in [2.24, 2.45) is 0 Å². The van der Waals surface area contributed by atoms with Crippen LogP contribution in [-0.4, -0.2) is 14.5 Å². The van der Waals surface area contributed by atoms with E-state index in [1.807, 2.05) is 30.3 Å². The van der Waals surface area contributed by atoms with Crippen molar-refractivity contribution in [3.8, 4) is 0 Å². The molecule has 110 valence electrons. The highest BCUT2D eigenvalue weighted by Gasteiger charge is 2.10. The van der Waals surface area contributed by atoms with Crippen molar-refractivity contribution in [1.29, 1.82) is 0 Å². The Balaban J connectivity index is 1.92. The molecule has 0 N–H and O–H groups in total. The highest BCUT2D eigenvalue weighted by Crippen LogP contribution is 2.16. The minimum absolute atomic E-state index is 0.0681. The predicted molar refractivity (Wildman–Crippen MR) is 82.8 cm³/mol. The zero-order valence-electron chi connectivity index (χ0n) is 11.7. The molecule has 3 aromatic rings. The molecule has 3 rings (SSSR count). The van der Waals surface area contributed by atoms with Crippen molar-refractivity contribution in [2.75, 3.05) is 0 Å². The maximum atomic E-state index is 12.4. The second-order valence-electron chi connectivity index (χ2n) is 4.94. The lowest BCUT2D eigenvalue weighted by atomic mass is 10.1. The standard InChI is InChI=1S/C16H13N3O3/c20-16-14-7-6-13(19(21)22)10-15(14)17-11-18(16)9-8-12-4-2-1-3-5-12/h1-7,10-11H,8-9H2. The molecule has 0 saturated carbocycles. The molecule has 6 nitrogen and oxygen atoms in total. The van der Waals surface area contributed by atoms with Gasteiger partial charge in [0.2, 0.25) is 0 Å². The molecular weight excluding hydrogens is 282 g/mol. The number of nitro groups is 1. The van der Waals surface area contributed by atoms with Gasteiger partial charge in [-0.3, -0.25) is 19.5 Å². The largest absolute Gasteiger partial charge is 0.298 e. The van der Waals surface area contributed by atoms with Crippen molar-refractivity contribution < 1.29 is 4.92 Å². The minimum atomic E-state index is -0.498. The monoisotopic (exact) mass is 295 g/mol. The molecule has 0 atom stereocenters. The number of aromatic nitrogens is 2. The number of non-ortho nitro benzene ring substituents is 1. The topological polar surface area (TPSA) is 78.0 Å². The van der Waals surface area contributed by atoms with E-state index in [1.54, 1.807) is 0 Å². The lowest BCUT2D eigenvalue weighted by molar-refractivity contribution is -0.384. The summed E-state index contributed by atoms with van der Waals surface area (Å²) in [6.07, 6.45) is 2.16. The molecule has 6 heteroatoms. The number of nitro benzene ring substituents is 1. The van der Waals surface area contributed by atoms with E-state index in [0.29, 0.717) is 17.4 Å². The Kier molecular flexibility index (Phi) is 3.65. The first-order valence-corrected chi connectivity index (χ1v) is 6.82. The van der Waals surface area contributed by atoms with Gasteiger partial charge in [-0.2, -0.15) is 0 Å². The highest BCUT2D eigenvalue weighted by atomic mass is 16.6. The van der Waals surface area contributed by atoms with E-state index in [-0.39, 0.29) is 11.2 Å². The molecule has 2 aromatic carbocycles. The first kappa shape index (κ1) is 13.9. The Labute approximate surface area is 125 Å². The zero-order chi connectivity index (χ0) is 15.5. The summed E-state index contributed by atoms with van der Waals surface area (Å²) in [6, 6.07) is 14.0. The molecule has 1 aromatic heterocycles. The van der Waals surface area contributed by atoms with Gasteiger partial charge in [0.1, 0.15) is 0 Å². The van der Waals surface area contributed by atoms with Crippen molar-refractivity contribution >= 4 is 16.6 Å². The summed E-state index contributed by atoms with van der Waals surface area (Å²) < 4.78 is 1.53. The molecule has 0 aliphatic heterocycles. The average Bonchev–Trinajstić information content (AvgIpc) is 2.55. The highest BCUT2D eigenvalue weighted by molar-refractivity contribution is 5.79. The van der Waals surface area contributed by atoms with Gasteiger partial charge >= 0.3 is 0 Å². The van der Waals surface area contributed by atoms with Crippen LogP contribution >= 0.6 is 0 Å². The summed E-state index contributed by atoms with van der Waals surface area (Å²) >= 11 is 0. The smallest absolute Gasteiger partial charge is 0.271 e. The second kappa shape index (κ2) is 5.77. The molecule has 22 heavy (non-hydrogen) atoms. The molecule has 0 spiro atoms. The summed E-state index contributed by atoms with van der Waals surface area (Å²) in [5.41, 5.74) is 1.23. The van der Waals surface area contributed by atoms with E-state index >= 15 is 0 Å². The summed E-state index contributed by atoms with van der Waals surface area (Å²) in [7, 11) is 0. The first-order chi connectivity index (χ1) is 10.6. The van der Waals surface area contributed by atoms with Gasteiger partial charge < -0.3 is 0 Å². The summed E-state index contributed by atoms with van der Waals surface area (Å²) in [5, 5.41) is 11.1. The zero-order valence-corrected chi connectivity index (χ0v) is 11.7. The van der Waals surface area contributed by atoms with Gasteiger partial charge in [-0.25, -0.2) is 4.98 Å². The van der Waals surface area contributed by atoms with Crippen LogP contribution in [0, 0.1) is 10.1 Å². The van der Waals surface area contributed by atoms with Gasteiger partial charge in [0, 0.05) is 18.7 Å². The quantitative estimate of drug-likeness (QED) is 0.547. The third kappa shape index (κ3) is 2.71. The van der Waals surface area contributed by atoms with Crippen molar-refractivity contribution in [1.82, 2.24) is 9.55 Å². The molecule has 1 heterocycles. The van der Waals surface area contributed by atoms with Gasteiger partial charge in [-0.05, 0) is 18.1 Å². The van der Waals surface area contributed by atoms with Crippen molar-refractivity contribution in [2.45, 2.75) is 13.0 Å². The van der Waals surface area contributed by atoms with Crippen LogP contribution in [0.5, 0.6) is 0 Å². The molecular formula is C16H13N3O3. The van der Waals surface area contributed by atoms with E-state index in [9.17, 15) is 14.9 Å². The summed E-state index contributed by atoms with van der Waals surface area (Å²) in [4.78, 5) is 26.8. The Bertz CT molecular complexity index is 888. The normalized spacial score (nSPS) is 10.7. The molecule has 0 saturated heterocycles. The number of aryl methyl sites for hydroxylation is 2. The SMILES string of the molecule is O=c1c2ccc([N+](=O)[O-])cc2ncn1CCc1ccccc1. The second-order valence-corrected chi connectivity index (χ2v) is 4.94. The molecule has 0 amide bonds. The van der Waals surface area contributed by atoms with Gasteiger partial charge in [0.15, 0.2) is 0 Å². The Morgan fingerprint density at radius 2 is 1.91 bits per heavy atom. The van der Waals surface area contributed by atoms with Gasteiger partial charge in [-0.15, -0.1) is 0 Å². The molecule has 0 fully saturated rings. The minimum Gasteiger partial charge on any atom is -0.298 e. The number of fused-ring (bicyclic) bond motifs is 1. The lowest BCUT2D eigenvalue weighted by Gasteiger charge is -2.06. The number of rotatable bonds is 4. The Morgan fingerprint density at radius 1 is 1.14 bits per heavy atom. The molecule has 0 bridgehead atoms. The van der Waals surface area contributed by atoms with E-state index in [0.717, 1.165) is 12.0 Å². The number of hydrogen-bond acceptors (Lipinski definition) is 4. The van der Waals surface area contributed by atoms with Crippen molar-refractivity contribution in [3.05, 3.63) is 80.9 Å². The van der Waals surface area contributed by atoms with E-state index in [2.05, 4.69) is 4.98 Å². The average molecular weight is 295 g/mol. The van der Waals surface area contributed by atoms with Crippen LogP contribution in [0.1, 0.15) is 5.56 Å². The maximum Gasteiger partial charge on any atom is 0.271 e. The van der Waals surface area contributed by atoms with Crippen LogP contribution in [0.4, 0.5) is 5.69 Å². The number of nitrogens with zero attached hydrogens (tertiary/aromatic N) is 3. The predicted octanol–water partition coefficient (Wildman–Crippen LogP) is 2.55. The maximum absolute atomic E-state index is 12.4. The fourth-order valence-electron chi connectivity index (χ4n) is 2.31. The molecule has 0 aliphatic rings. The molecule has 0 unspecified atom stereocenters. The fraction of sp³-hybridized carbons (Fsp3) is 0.125. The molecule has 0 radical (unpaired) electrons.